The fourth-order valence-electron chi connectivity index (χ4n) is 5.55. The molecule has 1 fully saturated rings. The maximum Gasteiger partial charge on any atom is 0.300 e. The number of aliphatic hydroxyl groups is 1. The van der Waals surface area contributed by atoms with Gasteiger partial charge in [-0.05, 0) is 76.3 Å². The number of alkyl halides is 2. The van der Waals surface area contributed by atoms with Gasteiger partial charge in [-0.15, -0.1) is 5.10 Å². The van der Waals surface area contributed by atoms with Crippen molar-refractivity contribution in [3.63, 3.8) is 0 Å². The smallest absolute Gasteiger partial charge is 0.300 e. The Hall–Kier alpha value is -3.06. The van der Waals surface area contributed by atoms with Gasteiger partial charge < -0.3 is 15.3 Å². The van der Waals surface area contributed by atoms with Crippen LogP contribution >= 0.6 is 0 Å². The predicted molar refractivity (Wildman–Crippen MR) is 145 cm³/mol. The van der Waals surface area contributed by atoms with Crippen molar-refractivity contribution < 1.29 is 13.9 Å². The van der Waals surface area contributed by atoms with E-state index in [0.717, 1.165) is 54.5 Å². The summed E-state index contributed by atoms with van der Waals surface area (Å²) >= 11 is 0. The van der Waals surface area contributed by atoms with Gasteiger partial charge in [0.1, 0.15) is 5.60 Å². The van der Waals surface area contributed by atoms with E-state index < -0.39 is 11.5 Å². The highest BCUT2D eigenvalue weighted by Crippen LogP contribution is 2.53. The van der Waals surface area contributed by atoms with Gasteiger partial charge in [-0.25, -0.2) is 0 Å². The van der Waals surface area contributed by atoms with Crippen molar-refractivity contribution >= 4 is 22.3 Å². The second-order valence-electron chi connectivity index (χ2n) is 11.7. The number of anilines is 2. The molecular formula is C30H36F2N4O. The topological polar surface area (TPSA) is 61.3 Å². The molecule has 0 spiro atoms. The minimum Gasteiger partial charge on any atom is -0.384 e. The molecular weight excluding hydrogens is 470 g/mol. The van der Waals surface area contributed by atoms with Crippen LogP contribution in [0.3, 0.4) is 0 Å². The number of hydrogen-bond acceptors (Lipinski definition) is 5. The van der Waals surface area contributed by atoms with E-state index in [1.807, 2.05) is 19.9 Å². The number of benzene rings is 2. The van der Waals surface area contributed by atoms with E-state index in [0.29, 0.717) is 23.0 Å². The van der Waals surface area contributed by atoms with Gasteiger partial charge in [0, 0.05) is 39.2 Å². The zero-order valence-electron chi connectivity index (χ0n) is 22.7. The summed E-state index contributed by atoms with van der Waals surface area (Å²) in [4.78, 5) is 2.38. The van der Waals surface area contributed by atoms with Crippen LogP contribution in [-0.4, -0.2) is 26.9 Å². The number of allylic oxidation sites excluding steroid dienone is 1. The molecule has 2 N–H and O–H groups in total. The Morgan fingerprint density at radius 3 is 2.43 bits per heavy atom. The number of fused-ring (bicyclic) bond motifs is 2. The molecule has 5 nitrogen and oxygen atoms in total. The summed E-state index contributed by atoms with van der Waals surface area (Å²) in [7, 11) is 0. The molecule has 0 unspecified atom stereocenters. The molecule has 37 heavy (non-hydrogen) atoms. The van der Waals surface area contributed by atoms with Crippen LogP contribution in [0.4, 0.5) is 20.3 Å². The maximum atomic E-state index is 15.1. The molecule has 2 aliphatic rings. The molecule has 2 aromatic carbocycles. The van der Waals surface area contributed by atoms with Crippen LogP contribution in [0.15, 0.2) is 42.6 Å². The van der Waals surface area contributed by atoms with Gasteiger partial charge in [0.05, 0.1) is 11.7 Å². The molecule has 0 bridgehead atoms. The molecule has 3 aromatic rings. The second kappa shape index (κ2) is 8.22. The zero-order valence-corrected chi connectivity index (χ0v) is 22.7. The van der Waals surface area contributed by atoms with E-state index in [2.05, 4.69) is 53.0 Å². The van der Waals surface area contributed by atoms with Crippen LogP contribution in [0.5, 0.6) is 0 Å². The Bertz CT molecular complexity index is 1420. The Balaban J connectivity index is 1.58. The molecule has 1 aromatic heterocycles. The monoisotopic (exact) mass is 506 g/mol. The van der Waals surface area contributed by atoms with E-state index >= 15 is 8.78 Å². The van der Waals surface area contributed by atoms with Crippen LogP contribution in [-0.2, 0) is 11.3 Å². The lowest BCUT2D eigenvalue weighted by molar-refractivity contribution is -0.168. The molecule has 7 heteroatoms. The quantitative estimate of drug-likeness (QED) is 0.375. The molecule has 1 atom stereocenters. The van der Waals surface area contributed by atoms with Crippen LogP contribution in [0, 0.1) is 13.8 Å². The Labute approximate surface area is 217 Å². The Morgan fingerprint density at radius 1 is 1.14 bits per heavy atom. The lowest BCUT2D eigenvalue weighted by Gasteiger charge is -2.31. The lowest BCUT2D eigenvalue weighted by atomic mass is 9.83. The highest BCUT2D eigenvalue weighted by molar-refractivity contribution is 5.98. The standard InChI is InChI=1S/C30H36F2N4O/c1-16-21(10-9-11-24(16)30(31,32)29(7,8)37)17(2)33-27-23-15-26-25(14-22(23)18(3)34-35-27)28(5,6)19(4)36(26)20-12-13-20/h9-11,14-15,17,20,37H,4,12-13H2,1-3,5-8H3,(H,33,35)/t17-/m1/s1. The summed E-state index contributed by atoms with van der Waals surface area (Å²) in [5, 5.41) is 24.5. The first kappa shape index (κ1) is 25.6. The summed E-state index contributed by atoms with van der Waals surface area (Å²) < 4.78 is 30.1. The summed E-state index contributed by atoms with van der Waals surface area (Å²) in [5.74, 6) is -2.79. The minimum atomic E-state index is -3.40. The number of aryl methyl sites for hydroxylation is 1. The zero-order chi connectivity index (χ0) is 27.1. The van der Waals surface area contributed by atoms with E-state index in [-0.39, 0.29) is 17.0 Å². The third-order valence-corrected chi connectivity index (χ3v) is 8.24. The first-order valence-electron chi connectivity index (χ1n) is 12.9. The third-order valence-electron chi connectivity index (χ3n) is 8.24. The summed E-state index contributed by atoms with van der Waals surface area (Å²) in [6.45, 7) is 16.7. The van der Waals surface area contributed by atoms with Crippen LogP contribution in [0.2, 0.25) is 0 Å². The summed E-state index contributed by atoms with van der Waals surface area (Å²) in [6.07, 6.45) is 2.32. The first-order chi connectivity index (χ1) is 17.2. The van der Waals surface area contributed by atoms with Crippen molar-refractivity contribution in [2.45, 2.75) is 90.3 Å². The number of aromatic nitrogens is 2. The molecule has 196 valence electrons. The predicted octanol–water partition coefficient (Wildman–Crippen LogP) is 7.06. The van der Waals surface area contributed by atoms with Crippen molar-refractivity contribution in [3.05, 3.63) is 70.6 Å². The van der Waals surface area contributed by atoms with E-state index in [1.165, 1.54) is 11.6 Å². The van der Waals surface area contributed by atoms with Crippen molar-refractivity contribution in [2.75, 3.05) is 10.2 Å². The number of hydrogen-bond donors (Lipinski definition) is 2. The van der Waals surface area contributed by atoms with Crippen molar-refractivity contribution in [3.8, 4) is 0 Å². The number of nitrogens with one attached hydrogen (secondary N) is 1. The highest BCUT2D eigenvalue weighted by Gasteiger charge is 2.48. The molecule has 0 radical (unpaired) electrons. The molecule has 1 aliphatic heterocycles. The van der Waals surface area contributed by atoms with Crippen molar-refractivity contribution in [1.82, 2.24) is 10.2 Å². The third kappa shape index (κ3) is 3.90. The fourth-order valence-corrected chi connectivity index (χ4v) is 5.55. The molecule has 1 aliphatic carbocycles. The summed E-state index contributed by atoms with van der Waals surface area (Å²) in [6, 6.07) is 9.40. The molecule has 5 rings (SSSR count). The number of nitrogens with zero attached hydrogens (tertiary/aromatic N) is 3. The largest absolute Gasteiger partial charge is 0.384 e. The van der Waals surface area contributed by atoms with Gasteiger partial charge in [0.15, 0.2) is 5.82 Å². The van der Waals surface area contributed by atoms with E-state index in [1.54, 1.807) is 13.0 Å². The van der Waals surface area contributed by atoms with Crippen LogP contribution < -0.4 is 10.2 Å². The number of halogens is 2. The first-order valence-corrected chi connectivity index (χ1v) is 12.9. The average Bonchev–Trinajstić information content (AvgIpc) is 3.62. The van der Waals surface area contributed by atoms with Gasteiger partial charge in [-0.1, -0.05) is 38.6 Å². The van der Waals surface area contributed by atoms with Gasteiger partial charge >= 0.3 is 5.92 Å². The average molecular weight is 507 g/mol. The fraction of sp³-hybridized carbons (Fsp3) is 0.467. The van der Waals surface area contributed by atoms with Crippen LogP contribution in [0.1, 0.15) is 81.4 Å². The van der Waals surface area contributed by atoms with E-state index in [9.17, 15) is 5.11 Å². The van der Waals surface area contributed by atoms with Gasteiger partial charge in [0.25, 0.3) is 0 Å². The van der Waals surface area contributed by atoms with E-state index in [4.69, 9.17) is 0 Å². The Kier molecular flexibility index (Phi) is 5.68. The second-order valence-corrected chi connectivity index (χ2v) is 11.7. The molecule has 2 heterocycles. The maximum absolute atomic E-state index is 15.1. The normalized spacial score (nSPS) is 18.3. The number of rotatable bonds is 6. The van der Waals surface area contributed by atoms with Gasteiger partial charge in [-0.3, -0.25) is 0 Å². The van der Waals surface area contributed by atoms with Gasteiger partial charge in [0.2, 0.25) is 0 Å². The van der Waals surface area contributed by atoms with Crippen LogP contribution in [0.25, 0.3) is 10.8 Å². The SMILES string of the molecule is C=C1N(C2CC2)c2cc3c(N[C@H](C)c4cccc(C(F)(F)C(C)(C)O)c4C)nnc(C)c3cc2C1(C)C. The molecule has 0 saturated heterocycles. The lowest BCUT2D eigenvalue weighted by Crippen LogP contribution is -2.40. The minimum absolute atomic E-state index is 0.175. The van der Waals surface area contributed by atoms with Gasteiger partial charge in [-0.2, -0.15) is 13.9 Å². The Morgan fingerprint density at radius 2 is 1.81 bits per heavy atom. The molecule has 1 saturated carbocycles. The summed E-state index contributed by atoms with van der Waals surface area (Å²) in [5.41, 5.74) is 2.98. The van der Waals surface area contributed by atoms with Crippen molar-refractivity contribution in [2.24, 2.45) is 0 Å². The highest BCUT2D eigenvalue weighted by atomic mass is 19.3. The van der Waals surface area contributed by atoms with Crippen molar-refractivity contribution in [1.29, 1.82) is 0 Å². The molecule has 0 amide bonds.